The van der Waals surface area contributed by atoms with Gasteiger partial charge in [-0.15, -0.1) is 0 Å². The maximum absolute atomic E-state index is 12.0. The first-order valence-electron chi connectivity index (χ1n) is 9.26. The molecule has 0 amide bonds. The number of rotatable bonds is 9. The van der Waals surface area contributed by atoms with Crippen LogP contribution in [0.25, 0.3) is 12.2 Å². The molecule has 0 aliphatic heterocycles. The fraction of sp³-hybridized carbons (Fsp3) is 0.250. The third kappa shape index (κ3) is 7.33. The number of hydrogen-bond acceptors (Lipinski definition) is 4. The Hall–Kier alpha value is -2.98. The number of carbonyl (C=O) groups is 2. The summed E-state index contributed by atoms with van der Waals surface area (Å²) in [5.74, 6) is -0.400. The molecule has 0 radical (unpaired) electrons. The highest BCUT2D eigenvalue weighted by atomic mass is 16.1. The van der Waals surface area contributed by atoms with Gasteiger partial charge in [-0.2, -0.15) is 0 Å². The molecular formula is C24H28N2O2. The molecule has 4 nitrogen and oxygen atoms in total. The van der Waals surface area contributed by atoms with E-state index in [2.05, 4.69) is 4.90 Å². The van der Waals surface area contributed by atoms with Gasteiger partial charge in [0.15, 0.2) is 11.6 Å². The molecule has 0 fully saturated rings. The van der Waals surface area contributed by atoms with E-state index in [1.807, 2.05) is 81.6 Å². The highest BCUT2D eigenvalue weighted by molar-refractivity contribution is 6.10. The number of ketones is 2. The summed E-state index contributed by atoms with van der Waals surface area (Å²) >= 11 is 0. The topological polar surface area (TPSA) is 40.6 Å². The summed E-state index contributed by atoms with van der Waals surface area (Å²) in [4.78, 5) is 28.1. The van der Waals surface area contributed by atoms with Gasteiger partial charge in [0.05, 0.1) is 6.42 Å². The molecule has 28 heavy (non-hydrogen) atoms. The molecule has 2 rings (SSSR count). The maximum atomic E-state index is 12.0. The van der Waals surface area contributed by atoms with Crippen molar-refractivity contribution >= 4 is 29.4 Å². The molecule has 2 aromatic rings. The normalized spacial score (nSPS) is 11.5. The van der Waals surface area contributed by atoms with Gasteiger partial charge < -0.3 is 9.80 Å². The monoisotopic (exact) mass is 376 g/mol. The first-order chi connectivity index (χ1) is 13.3. The van der Waals surface area contributed by atoms with Gasteiger partial charge in [-0.1, -0.05) is 48.6 Å². The van der Waals surface area contributed by atoms with Gasteiger partial charge in [-0.3, -0.25) is 9.59 Å². The van der Waals surface area contributed by atoms with Crippen molar-refractivity contribution in [2.24, 2.45) is 0 Å². The van der Waals surface area contributed by atoms with Crippen molar-refractivity contribution < 1.29 is 9.59 Å². The Balaban J connectivity index is 1.86. The lowest BCUT2D eigenvalue weighted by Gasteiger charge is -2.11. The van der Waals surface area contributed by atoms with Crippen molar-refractivity contribution in [3.63, 3.8) is 0 Å². The Kier molecular flexibility index (Phi) is 7.90. The van der Waals surface area contributed by atoms with Gasteiger partial charge in [0.1, 0.15) is 0 Å². The molecule has 0 bridgehead atoms. The van der Waals surface area contributed by atoms with E-state index >= 15 is 0 Å². The number of nitrogens with zero attached hydrogens (tertiary/aromatic N) is 2. The van der Waals surface area contributed by atoms with Crippen LogP contribution in [0.3, 0.4) is 0 Å². The van der Waals surface area contributed by atoms with E-state index in [1.54, 1.807) is 12.2 Å². The lowest BCUT2D eigenvalue weighted by molar-refractivity contribution is -0.121. The van der Waals surface area contributed by atoms with Gasteiger partial charge >= 0.3 is 0 Å². The van der Waals surface area contributed by atoms with Crippen molar-refractivity contribution in [2.75, 3.05) is 33.1 Å². The van der Waals surface area contributed by atoms with E-state index in [0.717, 1.165) is 23.4 Å². The van der Waals surface area contributed by atoms with Crippen molar-refractivity contribution in [2.45, 2.75) is 13.0 Å². The summed E-state index contributed by atoms with van der Waals surface area (Å²) in [6.45, 7) is 0.877. The Morgan fingerprint density at radius 2 is 1.21 bits per heavy atom. The predicted molar refractivity (Wildman–Crippen MR) is 117 cm³/mol. The summed E-state index contributed by atoms with van der Waals surface area (Å²) < 4.78 is 0. The molecule has 0 N–H and O–H groups in total. The molecule has 0 saturated heterocycles. The van der Waals surface area contributed by atoms with E-state index in [0.29, 0.717) is 0 Å². The van der Waals surface area contributed by atoms with Gasteiger partial charge in [-0.05, 0) is 55.1 Å². The minimum Gasteiger partial charge on any atom is -0.378 e. The molecular weight excluding hydrogens is 348 g/mol. The lowest BCUT2D eigenvalue weighted by Crippen LogP contribution is -2.10. The van der Waals surface area contributed by atoms with Crippen molar-refractivity contribution in [1.29, 1.82) is 0 Å². The molecule has 2 aromatic carbocycles. The molecule has 0 aromatic heterocycles. The molecule has 146 valence electrons. The summed E-state index contributed by atoms with van der Waals surface area (Å²) in [5, 5.41) is 0. The summed E-state index contributed by atoms with van der Waals surface area (Å²) in [7, 11) is 8.00. The molecule has 4 heteroatoms. The van der Waals surface area contributed by atoms with Crippen LogP contribution in [0.2, 0.25) is 0 Å². The third-order valence-electron chi connectivity index (χ3n) is 4.16. The molecule has 0 saturated carbocycles. The molecule has 0 heterocycles. The van der Waals surface area contributed by atoms with Gasteiger partial charge in [0.25, 0.3) is 0 Å². The Bertz CT molecular complexity index is 845. The third-order valence-corrected chi connectivity index (χ3v) is 4.16. The fourth-order valence-corrected chi connectivity index (χ4v) is 2.65. The number of benzene rings is 2. The lowest BCUT2D eigenvalue weighted by atomic mass is 10.1. The average Bonchev–Trinajstić information content (AvgIpc) is 2.65. The quantitative estimate of drug-likeness (QED) is 0.489. The summed E-state index contributed by atoms with van der Waals surface area (Å²) in [6, 6.07) is 15.9. The number of hydrogen-bond donors (Lipinski definition) is 0. The van der Waals surface area contributed by atoms with Gasteiger partial charge in [0.2, 0.25) is 0 Å². The second-order valence-corrected chi connectivity index (χ2v) is 7.24. The van der Waals surface area contributed by atoms with E-state index in [-0.39, 0.29) is 18.0 Å². The van der Waals surface area contributed by atoms with Crippen LogP contribution >= 0.6 is 0 Å². The van der Waals surface area contributed by atoms with Crippen LogP contribution in [-0.2, 0) is 16.1 Å². The molecule has 0 atom stereocenters. The van der Waals surface area contributed by atoms with E-state index in [1.165, 1.54) is 17.7 Å². The average molecular weight is 377 g/mol. The molecule has 0 unspecified atom stereocenters. The number of carbonyl (C=O) groups excluding carboxylic acids is 2. The van der Waals surface area contributed by atoms with Crippen LogP contribution in [0, 0.1) is 0 Å². The largest absolute Gasteiger partial charge is 0.378 e. The second-order valence-electron chi connectivity index (χ2n) is 7.24. The zero-order valence-corrected chi connectivity index (χ0v) is 17.1. The Labute approximate surface area is 167 Å². The highest BCUT2D eigenvalue weighted by Crippen LogP contribution is 2.13. The maximum Gasteiger partial charge on any atom is 0.163 e. The van der Waals surface area contributed by atoms with Crippen LogP contribution in [0.1, 0.15) is 23.1 Å². The standard InChI is InChI=1S/C24H28N2O2/c1-25(2)18-21-7-5-19(6-8-21)11-15-23(27)17-24(28)16-12-20-9-13-22(14-10-20)26(3)4/h5-16H,17-18H2,1-4H3/b15-11+,16-12+. The summed E-state index contributed by atoms with van der Waals surface area (Å²) in [6.07, 6.45) is 6.30. The van der Waals surface area contributed by atoms with E-state index in [9.17, 15) is 9.59 Å². The molecule has 0 aliphatic rings. The first-order valence-corrected chi connectivity index (χ1v) is 9.26. The highest BCUT2D eigenvalue weighted by Gasteiger charge is 2.04. The summed E-state index contributed by atoms with van der Waals surface area (Å²) in [5.41, 5.74) is 4.19. The predicted octanol–water partition coefficient (Wildman–Crippen LogP) is 4.07. The van der Waals surface area contributed by atoms with Crippen LogP contribution in [0.4, 0.5) is 5.69 Å². The molecule has 0 aliphatic carbocycles. The van der Waals surface area contributed by atoms with Crippen molar-refractivity contribution in [1.82, 2.24) is 4.90 Å². The zero-order valence-electron chi connectivity index (χ0n) is 17.1. The minimum atomic E-state index is -0.201. The van der Waals surface area contributed by atoms with E-state index in [4.69, 9.17) is 0 Å². The minimum absolute atomic E-state index is 0.124. The van der Waals surface area contributed by atoms with Crippen molar-refractivity contribution in [3.8, 4) is 0 Å². The van der Waals surface area contributed by atoms with Crippen LogP contribution < -0.4 is 4.90 Å². The number of anilines is 1. The second kappa shape index (κ2) is 10.4. The molecule has 0 spiro atoms. The van der Waals surface area contributed by atoms with Gasteiger partial charge in [0, 0.05) is 26.3 Å². The zero-order chi connectivity index (χ0) is 20.5. The van der Waals surface area contributed by atoms with Crippen LogP contribution in [-0.4, -0.2) is 44.7 Å². The van der Waals surface area contributed by atoms with Crippen molar-refractivity contribution in [3.05, 3.63) is 77.4 Å². The number of allylic oxidation sites excluding steroid dienone is 2. The van der Waals surface area contributed by atoms with Crippen LogP contribution in [0.15, 0.2) is 60.7 Å². The van der Waals surface area contributed by atoms with E-state index < -0.39 is 0 Å². The van der Waals surface area contributed by atoms with Crippen LogP contribution in [0.5, 0.6) is 0 Å². The van der Waals surface area contributed by atoms with Gasteiger partial charge in [-0.25, -0.2) is 0 Å². The smallest absolute Gasteiger partial charge is 0.163 e. The fourth-order valence-electron chi connectivity index (χ4n) is 2.65. The first kappa shape index (κ1) is 21.3. The SMILES string of the molecule is CN(C)Cc1ccc(/C=C/C(=O)CC(=O)/C=C/c2ccc(N(C)C)cc2)cc1. The Morgan fingerprint density at radius 3 is 1.64 bits per heavy atom. The Morgan fingerprint density at radius 1 is 0.750 bits per heavy atom.